The summed E-state index contributed by atoms with van der Waals surface area (Å²) in [6.45, 7) is 19.7. The van der Waals surface area contributed by atoms with Crippen LogP contribution in [0.15, 0.2) is 72.8 Å². The van der Waals surface area contributed by atoms with E-state index in [0.717, 1.165) is 69.2 Å². The highest BCUT2D eigenvalue weighted by atomic mass is 35.5. The molecule has 3 fully saturated rings. The van der Waals surface area contributed by atoms with Crippen molar-refractivity contribution in [2.24, 2.45) is 0 Å². The number of alkyl halides is 1. The van der Waals surface area contributed by atoms with Crippen molar-refractivity contribution in [3.05, 3.63) is 110 Å². The van der Waals surface area contributed by atoms with Gasteiger partial charge in [-0.3, -0.25) is 30.0 Å². The number of nitro benzene ring substituents is 2. The quantitative estimate of drug-likeness (QED) is 0.142. The standard InChI is InChI=1S/C12H17N3O2.C12H19N3.C7H6ClNO2.C5H12N2.C2H6/c1-13-6-8-14(9-7-13)10-11-2-4-12(5-3-11)15(16)17;1-14-6-8-15(9-7-14)10-11-2-4-12(13)5-3-11;8-5-6-1-3-7(4-2-6)9(10)11;1-7-4-2-6-3-5-7;1-2/h2-5H,6-10H2,1H3;2-5H,6-10,13H2,1H3;1-4H,5H2;6H,2-5H2,1H3;1-2H3. The molecule has 3 aromatic rings. The van der Waals surface area contributed by atoms with Gasteiger partial charge in [0.2, 0.25) is 0 Å². The first-order valence-corrected chi connectivity index (χ1v) is 18.6. The molecule has 3 aliphatic rings. The van der Waals surface area contributed by atoms with Crippen LogP contribution in [-0.4, -0.2) is 134 Å². The number of benzene rings is 3. The van der Waals surface area contributed by atoms with E-state index in [0.29, 0.717) is 5.88 Å². The van der Waals surface area contributed by atoms with Crippen LogP contribution in [-0.2, 0) is 19.0 Å². The third kappa shape index (κ3) is 18.2. The van der Waals surface area contributed by atoms with Crippen LogP contribution in [0.3, 0.4) is 0 Å². The lowest BCUT2D eigenvalue weighted by molar-refractivity contribution is -0.385. The van der Waals surface area contributed by atoms with Crippen molar-refractivity contribution in [3.63, 3.8) is 0 Å². The third-order valence-corrected chi connectivity index (χ3v) is 9.08. The highest BCUT2D eigenvalue weighted by Gasteiger charge is 2.15. The number of hydrogen-bond donors (Lipinski definition) is 2. The molecule has 0 bridgehead atoms. The van der Waals surface area contributed by atoms with E-state index in [2.05, 4.69) is 63.1 Å². The minimum absolute atomic E-state index is 0.0962. The summed E-state index contributed by atoms with van der Waals surface area (Å²) in [7, 11) is 6.46. The molecule has 0 amide bonds. The van der Waals surface area contributed by atoms with Gasteiger partial charge in [-0.15, -0.1) is 11.6 Å². The van der Waals surface area contributed by atoms with Crippen molar-refractivity contribution in [1.82, 2.24) is 29.8 Å². The van der Waals surface area contributed by atoms with Crippen molar-refractivity contribution in [1.29, 1.82) is 0 Å². The van der Waals surface area contributed by atoms with Gasteiger partial charge in [0.05, 0.1) is 9.85 Å². The maximum Gasteiger partial charge on any atom is 0.269 e. The number of nitrogens with one attached hydrogen (secondary N) is 1. The number of piperazine rings is 3. The molecule has 13 nitrogen and oxygen atoms in total. The Morgan fingerprint density at radius 2 is 0.904 bits per heavy atom. The molecule has 14 heteroatoms. The molecule has 0 saturated carbocycles. The molecule has 52 heavy (non-hydrogen) atoms. The van der Waals surface area contributed by atoms with Gasteiger partial charge >= 0.3 is 0 Å². The van der Waals surface area contributed by atoms with Gasteiger partial charge in [-0.1, -0.05) is 50.2 Å². The third-order valence-electron chi connectivity index (χ3n) is 8.77. The Hall–Kier alpha value is -3.69. The lowest BCUT2D eigenvalue weighted by Crippen LogP contribution is -2.43. The summed E-state index contributed by atoms with van der Waals surface area (Å²) in [4.78, 5) is 31.8. The molecule has 0 radical (unpaired) electrons. The summed E-state index contributed by atoms with van der Waals surface area (Å²) >= 11 is 5.49. The summed E-state index contributed by atoms with van der Waals surface area (Å²) in [6, 6.07) is 21.2. The van der Waals surface area contributed by atoms with Crippen molar-refractivity contribution in [2.75, 3.05) is 105 Å². The molecule has 0 atom stereocenters. The Bertz CT molecular complexity index is 1390. The molecule has 6 rings (SSSR count). The second-order valence-corrected chi connectivity index (χ2v) is 13.2. The van der Waals surface area contributed by atoms with Crippen LogP contribution < -0.4 is 11.1 Å². The van der Waals surface area contributed by atoms with Crippen LogP contribution in [0, 0.1) is 20.2 Å². The Balaban J connectivity index is 0.000000246. The molecule has 0 aliphatic carbocycles. The number of anilines is 1. The van der Waals surface area contributed by atoms with Crippen LogP contribution in [0.1, 0.15) is 30.5 Å². The molecule has 3 saturated heterocycles. The number of nitrogen functional groups attached to an aromatic ring is 1. The van der Waals surface area contributed by atoms with Crippen molar-refractivity contribution < 1.29 is 9.85 Å². The normalized spacial score (nSPS) is 17.0. The Labute approximate surface area is 315 Å². The van der Waals surface area contributed by atoms with E-state index < -0.39 is 4.92 Å². The van der Waals surface area contributed by atoms with Crippen molar-refractivity contribution in [2.45, 2.75) is 32.8 Å². The summed E-state index contributed by atoms with van der Waals surface area (Å²) < 4.78 is 0. The fourth-order valence-electron chi connectivity index (χ4n) is 5.36. The summed E-state index contributed by atoms with van der Waals surface area (Å²) in [5, 5.41) is 24.0. The van der Waals surface area contributed by atoms with Crippen LogP contribution in [0.2, 0.25) is 0 Å². The predicted molar refractivity (Wildman–Crippen MR) is 214 cm³/mol. The van der Waals surface area contributed by atoms with Gasteiger partial charge in [-0.05, 0) is 50.0 Å². The van der Waals surface area contributed by atoms with Gasteiger partial charge in [0.15, 0.2) is 0 Å². The fraction of sp³-hybridized carbons (Fsp3) is 0.526. The predicted octanol–water partition coefficient (Wildman–Crippen LogP) is 5.24. The first-order valence-electron chi connectivity index (χ1n) is 18.1. The zero-order valence-corrected chi connectivity index (χ0v) is 32.5. The van der Waals surface area contributed by atoms with Gasteiger partial charge in [0.25, 0.3) is 11.4 Å². The Morgan fingerprint density at radius 1 is 0.577 bits per heavy atom. The average molecular weight is 742 g/mol. The van der Waals surface area contributed by atoms with E-state index in [1.807, 2.05) is 38.1 Å². The Kier molecular flexibility index (Phi) is 21.6. The minimum atomic E-state index is -0.433. The monoisotopic (exact) mass is 741 g/mol. The average Bonchev–Trinajstić information content (AvgIpc) is 3.16. The molecule has 0 spiro atoms. The molecule has 3 N–H and O–H groups in total. The first kappa shape index (κ1) is 44.5. The highest BCUT2D eigenvalue weighted by Crippen LogP contribution is 2.15. The smallest absolute Gasteiger partial charge is 0.269 e. The maximum absolute atomic E-state index is 10.5. The number of hydrogen-bond acceptors (Lipinski definition) is 11. The molecule has 3 aliphatic heterocycles. The van der Waals surface area contributed by atoms with E-state index >= 15 is 0 Å². The summed E-state index contributed by atoms with van der Waals surface area (Å²) in [6.07, 6.45) is 0. The van der Waals surface area contributed by atoms with Crippen LogP contribution in [0.4, 0.5) is 17.1 Å². The summed E-state index contributed by atoms with van der Waals surface area (Å²) in [5.41, 5.74) is 10.1. The van der Waals surface area contributed by atoms with Crippen molar-refractivity contribution in [3.8, 4) is 0 Å². The van der Waals surface area contributed by atoms with Gasteiger partial charge in [0, 0.05) is 127 Å². The second kappa shape index (κ2) is 25.3. The number of rotatable bonds is 7. The first-order chi connectivity index (χ1) is 25.0. The summed E-state index contributed by atoms with van der Waals surface area (Å²) in [5.74, 6) is 0.387. The van der Waals surface area contributed by atoms with E-state index in [-0.39, 0.29) is 16.3 Å². The number of nitrogens with two attached hydrogens (primary N) is 1. The maximum atomic E-state index is 10.5. The molecule has 0 unspecified atom stereocenters. The zero-order valence-electron chi connectivity index (χ0n) is 31.8. The number of likely N-dealkylation sites (N-methyl/N-ethyl adjacent to an activating group) is 3. The lowest BCUT2D eigenvalue weighted by Gasteiger charge is -2.32. The minimum Gasteiger partial charge on any atom is -0.399 e. The molecular formula is C38H60ClN9O4. The Morgan fingerprint density at radius 3 is 1.21 bits per heavy atom. The van der Waals surface area contributed by atoms with E-state index in [9.17, 15) is 20.2 Å². The number of nitro groups is 2. The lowest BCUT2D eigenvalue weighted by atomic mass is 10.2. The van der Waals surface area contributed by atoms with E-state index in [1.165, 1.54) is 57.0 Å². The molecule has 3 aromatic carbocycles. The van der Waals surface area contributed by atoms with E-state index in [1.54, 1.807) is 24.3 Å². The van der Waals surface area contributed by atoms with Gasteiger partial charge < -0.3 is 25.8 Å². The molecule has 3 heterocycles. The SMILES string of the molecule is CC.CN1CCN(Cc2ccc(N)cc2)CC1.CN1CCN(Cc2ccc([N+](=O)[O-])cc2)CC1.CN1CCNCC1.O=[N+]([O-])c1ccc(CCl)cc1. The van der Waals surface area contributed by atoms with Gasteiger partial charge in [0.1, 0.15) is 0 Å². The number of nitrogens with zero attached hydrogens (tertiary/aromatic N) is 7. The molecule has 288 valence electrons. The molecule has 0 aromatic heterocycles. The fourth-order valence-corrected chi connectivity index (χ4v) is 5.54. The second-order valence-electron chi connectivity index (χ2n) is 12.9. The van der Waals surface area contributed by atoms with Crippen LogP contribution >= 0.6 is 11.6 Å². The number of halogens is 1. The van der Waals surface area contributed by atoms with Gasteiger partial charge in [-0.2, -0.15) is 0 Å². The molecular weight excluding hydrogens is 682 g/mol. The highest BCUT2D eigenvalue weighted by molar-refractivity contribution is 6.17. The van der Waals surface area contributed by atoms with Crippen LogP contribution in [0.25, 0.3) is 0 Å². The van der Waals surface area contributed by atoms with Crippen LogP contribution in [0.5, 0.6) is 0 Å². The topological polar surface area (TPSA) is 141 Å². The van der Waals surface area contributed by atoms with E-state index in [4.69, 9.17) is 17.3 Å². The van der Waals surface area contributed by atoms with Gasteiger partial charge in [-0.25, -0.2) is 0 Å². The zero-order chi connectivity index (χ0) is 38.3. The largest absolute Gasteiger partial charge is 0.399 e. The van der Waals surface area contributed by atoms with Crippen molar-refractivity contribution >= 4 is 28.7 Å². The number of non-ortho nitro benzene ring substituents is 2.